The van der Waals surface area contributed by atoms with Crippen LogP contribution in [-0.2, 0) is 19.4 Å². The fourth-order valence-electron chi connectivity index (χ4n) is 5.02. The maximum atomic E-state index is 15.0. The van der Waals surface area contributed by atoms with Crippen molar-refractivity contribution in [2.75, 3.05) is 47.5 Å². The molecule has 0 bridgehead atoms. The molecule has 3 saturated heterocycles. The maximum absolute atomic E-state index is 15.0. The largest absolute Gasteiger partial charge is 0.442 e. The summed E-state index contributed by atoms with van der Waals surface area (Å²) in [5.41, 5.74) is -0.0522. The maximum Gasteiger partial charge on any atom is 0.414 e. The molecule has 0 radical (unpaired) electrons. The normalized spacial score (nSPS) is 25.6. The van der Waals surface area contributed by atoms with Gasteiger partial charge in [0.1, 0.15) is 11.8 Å². The zero-order valence-electron chi connectivity index (χ0n) is 18.1. The summed E-state index contributed by atoms with van der Waals surface area (Å²) in [4.78, 5) is 26.9. The van der Waals surface area contributed by atoms with Crippen LogP contribution in [0.3, 0.4) is 0 Å². The molecule has 1 unspecified atom stereocenters. The van der Waals surface area contributed by atoms with Crippen molar-refractivity contribution in [3.8, 4) is 0 Å². The van der Waals surface area contributed by atoms with E-state index in [9.17, 15) is 26.8 Å². The standard InChI is InChI=1S/C22H27F2N3O5S/c23-18-7-16(27-10-17(32-22(27)29)9-25-21(28)14-1-2-14)8-19(24)20(18)26-5-3-13(4-6-26)15-11-33(30,31)12-15/h7-8,13-15,17H,1-6,9-12H2,(H,25,28). The van der Waals surface area contributed by atoms with E-state index >= 15 is 0 Å². The van der Waals surface area contributed by atoms with E-state index in [0.29, 0.717) is 25.9 Å². The zero-order valence-corrected chi connectivity index (χ0v) is 19.0. The molecule has 2 amide bonds. The molecular weight excluding hydrogens is 456 g/mol. The monoisotopic (exact) mass is 483 g/mol. The van der Waals surface area contributed by atoms with E-state index in [0.717, 1.165) is 25.0 Å². The number of hydrogen-bond acceptors (Lipinski definition) is 6. The third-order valence-electron chi connectivity index (χ3n) is 7.10. The molecule has 1 N–H and O–H groups in total. The summed E-state index contributed by atoms with van der Waals surface area (Å²) in [5, 5.41) is 2.75. The third kappa shape index (κ3) is 4.64. The van der Waals surface area contributed by atoms with Crippen LogP contribution in [-0.4, -0.2) is 64.2 Å². The van der Waals surface area contributed by atoms with Gasteiger partial charge in [-0.2, -0.15) is 0 Å². The topological polar surface area (TPSA) is 96.0 Å². The number of rotatable bonds is 6. The Balaban J connectivity index is 1.21. The summed E-state index contributed by atoms with van der Waals surface area (Å²) >= 11 is 0. The summed E-state index contributed by atoms with van der Waals surface area (Å²) in [6, 6.07) is 2.27. The first-order chi connectivity index (χ1) is 15.7. The highest BCUT2D eigenvalue weighted by Gasteiger charge is 2.40. The lowest BCUT2D eigenvalue weighted by Crippen LogP contribution is -2.46. The lowest BCUT2D eigenvalue weighted by atomic mass is 9.86. The lowest BCUT2D eigenvalue weighted by molar-refractivity contribution is -0.122. The van der Waals surface area contributed by atoms with Gasteiger partial charge in [0.25, 0.3) is 0 Å². The van der Waals surface area contributed by atoms with Crippen LogP contribution >= 0.6 is 0 Å². The van der Waals surface area contributed by atoms with Gasteiger partial charge >= 0.3 is 6.09 Å². The molecule has 1 atom stereocenters. The first-order valence-corrected chi connectivity index (χ1v) is 13.2. The van der Waals surface area contributed by atoms with E-state index in [1.165, 1.54) is 4.90 Å². The van der Waals surface area contributed by atoms with Gasteiger partial charge in [-0.15, -0.1) is 0 Å². The van der Waals surface area contributed by atoms with E-state index in [1.807, 2.05) is 0 Å². The summed E-state index contributed by atoms with van der Waals surface area (Å²) in [5.74, 6) is -0.696. The summed E-state index contributed by atoms with van der Waals surface area (Å²) in [6.07, 6.45) is 1.82. The number of halogens is 2. The summed E-state index contributed by atoms with van der Waals surface area (Å²) in [7, 11) is -2.89. The molecule has 1 aliphatic carbocycles. The number of amides is 2. The van der Waals surface area contributed by atoms with Crippen LogP contribution in [0.2, 0.25) is 0 Å². The van der Waals surface area contributed by atoms with Gasteiger partial charge in [-0.05, 0) is 37.5 Å². The van der Waals surface area contributed by atoms with Gasteiger partial charge in [0.05, 0.1) is 30.3 Å². The van der Waals surface area contributed by atoms with Crippen LogP contribution in [0.15, 0.2) is 12.1 Å². The van der Waals surface area contributed by atoms with Crippen LogP contribution in [0, 0.1) is 29.4 Å². The second kappa shape index (κ2) is 8.41. The van der Waals surface area contributed by atoms with E-state index in [4.69, 9.17) is 4.74 Å². The molecule has 3 heterocycles. The first-order valence-electron chi connectivity index (χ1n) is 11.4. The minimum Gasteiger partial charge on any atom is -0.442 e. The van der Waals surface area contributed by atoms with Crippen LogP contribution in [0.1, 0.15) is 25.7 Å². The Hall–Kier alpha value is -2.43. The Morgan fingerprint density at radius 2 is 1.70 bits per heavy atom. The molecule has 8 nitrogen and oxygen atoms in total. The van der Waals surface area contributed by atoms with Crippen molar-refractivity contribution in [3.63, 3.8) is 0 Å². The van der Waals surface area contributed by atoms with Crippen molar-refractivity contribution >= 4 is 33.2 Å². The van der Waals surface area contributed by atoms with Gasteiger partial charge < -0.3 is 15.0 Å². The Bertz CT molecular complexity index is 1030. The Morgan fingerprint density at radius 1 is 1.06 bits per heavy atom. The molecule has 0 aromatic heterocycles. The number of hydrogen-bond donors (Lipinski definition) is 1. The molecule has 33 heavy (non-hydrogen) atoms. The molecule has 4 fully saturated rings. The molecule has 180 valence electrons. The van der Waals surface area contributed by atoms with Gasteiger partial charge in [-0.3, -0.25) is 9.69 Å². The number of ether oxygens (including phenoxy) is 1. The Kier molecular flexibility index (Phi) is 5.70. The summed E-state index contributed by atoms with van der Waals surface area (Å²) in [6.45, 7) is 1.15. The molecule has 11 heteroatoms. The number of sulfone groups is 1. The lowest BCUT2D eigenvalue weighted by Gasteiger charge is -2.40. The number of carbonyl (C=O) groups excluding carboxylic acids is 2. The van der Waals surface area contributed by atoms with Gasteiger partial charge in [0.2, 0.25) is 5.91 Å². The fraction of sp³-hybridized carbons (Fsp3) is 0.636. The number of cyclic esters (lactones) is 1. The van der Waals surface area contributed by atoms with Crippen molar-refractivity contribution in [2.45, 2.75) is 31.8 Å². The molecule has 1 aromatic rings. The van der Waals surface area contributed by atoms with Gasteiger partial charge in [0.15, 0.2) is 21.5 Å². The molecule has 0 spiro atoms. The molecule has 5 rings (SSSR count). The van der Waals surface area contributed by atoms with E-state index in [2.05, 4.69) is 5.32 Å². The van der Waals surface area contributed by atoms with Crippen LogP contribution in [0.4, 0.5) is 25.0 Å². The number of nitrogens with one attached hydrogen (secondary N) is 1. The third-order valence-corrected chi connectivity index (χ3v) is 8.97. The SMILES string of the molecule is O=C(NCC1CN(c2cc(F)c(N3CCC(C4CS(=O)(=O)C4)CC3)c(F)c2)C(=O)O1)C1CC1. The molecular formula is C22H27F2N3O5S. The van der Waals surface area contributed by atoms with Gasteiger partial charge in [-0.25, -0.2) is 22.0 Å². The number of anilines is 2. The van der Waals surface area contributed by atoms with Gasteiger partial charge in [0, 0.05) is 31.1 Å². The summed E-state index contributed by atoms with van der Waals surface area (Å²) < 4.78 is 58.0. The zero-order chi connectivity index (χ0) is 23.3. The molecule has 1 saturated carbocycles. The Morgan fingerprint density at radius 3 is 2.27 bits per heavy atom. The minimum absolute atomic E-state index is 0.0424. The fourth-order valence-corrected chi connectivity index (χ4v) is 6.77. The smallest absolute Gasteiger partial charge is 0.414 e. The average molecular weight is 484 g/mol. The Labute approximate surface area is 191 Å². The first kappa shape index (κ1) is 22.4. The highest BCUT2D eigenvalue weighted by atomic mass is 32.2. The minimum atomic E-state index is -2.89. The highest BCUT2D eigenvalue weighted by molar-refractivity contribution is 7.92. The predicted octanol–water partition coefficient (Wildman–Crippen LogP) is 2.08. The van der Waals surface area contributed by atoms with E-state index < -0.39 is 33.7 Å². The van der Waals surface area contributed by atoms with Crippen molar-refractivity contribution in [1.82, 2.24) is 5.32 Å². The van der Waals surface area contributed by atoms with Crippen LogP contribution < -0.4 is 15.1 Å². The number of nitrogens with zero attached hydrogens (tertiary/aromatic N) is 2. The number of piperidine rings is 1. The van der Waals surface area contributed by atoms with E-state index in [1.54, 1.807) is 4.90 Å². The molecule has 1 aromatic carbocycles. The van der Waals surface area contributed by atoms with Gasteiger partial charge in [-0.1, -0.05) is 0 Å². The number of carbonyl (C=O) groups is 2. The second-order valence-electron chi connectivity index (χ2n) is 9.56. The van der Waals surface area contributed by atoms with Crippen molar-refractivity contribution in [3.05, 3.63) is 23.8 Å². The quantitative estimate of drug-likeness (QED) is 0.666. The molecule has 3 aliphatic heterocycles. The van der Waals surface area contributed by atoms with Crippen LogP contribution in [0.5, 0.6) is 0 Å². The van der Waals surface area contributed by atoms with Crippen molar-refractivity contribution in [2.24, 2.45) is 17.8 Å². The average Bonchev–Trinajstić information content (AvgIpc) is 3.53. The number of benzene rings is 1. The van der Waals surface area contributed by atoms with Crippen LogP contribution in [0.25, 0.3) is 0 Å². The van der Waals surface area contributed by atoms with Crippen molar-refractivity contribution < 1.29 is 31.5 Å². The molecule has 4 aliphatic rings. The predicted molar refractivity (Wildman–Crippen MR) is 117 cm³/mol. The highest BCUT2D eigenvalue weighted by Crippen LogP contribution is 2.37. The van der Waals surface area contributed by atoms with E-state index in [-0.39, 0.29) is 59.6 Å². The second-order valence-corrected chi connectivity index (χ2v) is 11.7. The van der Waals surface area contributed by atoms with Crippen molar-refractivity contribution in [1.29, 1.82) is 0 Å².